The summed E-state index contributed by atoms with van der Waals surface area (Å²) in [5, 5.41) is 3.56. The Hall–Kier alpha value is -2.56. The minimum atomic E-state index is -0.141. The number of hydrogen-bond donors (Lipinski definition) is 1. The first kappa shape index (κ1) is 17.3. The van der Waals surface area contributed by atoms with Crippen molar-refractivity contribution in [3.05, 3.63) is 82.5 Å². The van der Waals surface area contributed by atoms with E-state index in [0.29, 0.717) is 16.5 Å². The first-order chi connectivity index (χ1) is 12.1. The molecule has 0 spiro atoms. The first-order valence-electron chi connectivity index (χ1n) is 7.53. The van der Waals surface area contributed by atoms with Crippen molar-refractivity contribution in [2.24, 2.45) is 0 Å². The predicted molar refractivity (Wildman–Crippen MR) is 99.5 cm³/mol. The standard InChI is InChI=1S/C19H14Cl2N2O2/c20-14-11-15(21)19(22-12-14)25-17-9-5-4-8-16(17)23-18(24)10-13-6-2-1-3-7-13/h1-9,11-12H,10H2,(H,23,24). The molecule has 0 saturated carbocycles. The SMILES string of the molecule is O=C(Cc1ccccc1)Nc1ccccc1Oc1ncc(Cl)cc1Cl. The number of carbonyl (C=O) groups is 1. The molecule has 0 fully saturated rings. The molecule has 1 amide bonds. The molecule has 0 saturated heterocycles. The Morgan fingerprint density at radius 3 is 2.52 bits per heavy atom. The zero-order chi connectivity index (χ0) is 17.6. The van der Waals surface area contributed by atoms with Gasteiger partial charge < -0.3 is 10.1 Å². The second kappa shape index (κ2) is 8.01. The normalized spacial score (nSPS) is 10.3. The number of nitrogens with one attached hydrogen (secondary N) is 1. The van der Waals surface area contributed by atoms with Gasteiger partial charge in [0.25, 0.3) is 0 Å². The van der Waals surface area contributed by atoms with Crippen LogP contribution in [0.2, 0.25) is 10.0 Å². The lowest BCUT2D eigenvalue weighted by Gasteiger charge is -2.12. The van der Waals surface area contributed by atoms with Gasteiger partial charge in [-0.3, -0.25) is 4.79 Å². The van der Waals surface area contributed by atoms with Crippen molar-refractivity contribution in [2.45, 2.75) is 6.42 Å². The zero-order valence-electron chi connectivity index (χ0n) is 13.1. The number of pyridine rings is 1. The lowest BCUT2D eigenvalue weighted by Crippen LogP contribution is -2.14. The lowest BCUT2D eigenvalue weighted by atomic mass is 10.1. The molecule has 0 radical (unpaired) electrons. The summed E-state index contributed by atoms with van der Waals surface area (Å²) < 4.78 is 5.73. The fraction of sp³-hybridized carbons (Fsp3) is 0.0526. The van der Waals surface area contributed by atoms with E-state index in [4.69, 9.17) is 27.9 Å². The van der Waals surface area contributed by atoms with Crippen LogP contribution in [-0.2, 0) is 11.2 Å². The fourth-order valence-electron chi connectivity index (χ4n) is 2.22. The number of halogens is 2. The maximum absolute atomic E-state index is 12.3. The van der Waals surface area contributed by atoms with Gasteiger partial charge in [-0.2, -0.15) is 0 Å². The van der Waals surface area contributed by atoms with Crippen LogP contribution in [0.1, 0.15) is 5.56 Å². The fourth-order valence-corrected chi connectivity index (χ4v) is 2.63. The molecule has 3 rings (SSSR count). The molecular formula is C19H14Cl2N2O2. The number of amides is 1. The topological polar surface area (TPSA) is 51.2 Å². The first-order valence-corrected chi connectivity index (χ1v) is 8.29. The molecule has 25 heavy (non-hydrogen) atoms. The van der Waals surface area contributed by atoms with Gasteiger partial charge in [0.2, 0.25) is 11.8 Å². The van der Waals surface area contributed by atoms with Crippen molar-refractivity contribution >= 4 is 34.8 Å². The van der Waals surface area contributed by atoms with Gasteiger partial charge in [-0.25, -0.2) is 4.98 Å². The molecule has 1 heterocycles. The van der Waals surface area contributed by atoms with E-state index in [1.165, 1.54) is 6.20 Å². The van der Waals surface area contributed by atoms with E-state index in [2.05, 4.69) is 10.3 Å². The molecule has 0 aliphatic carbocycles. The Morgan fingerprint density at radius 2 is 1.76 bits per heavy atom. The maximum Gasteiger partial charge on any atom is 0.238 e. The summed E-state index contributed by atoms with van der Waals surface area (Å²) in [6, 6.07) is 18.1. The monoisotopic (exact) mass is 372 g/mol. The molecule has 2 aromatic carbocycles. The Balaban J connectivity index is 1.75. The lowest BCUT2D eigenvalue weighted by molar-refractivity contribution is -0.115. The number of carbonyl (C=O) groups excluding carboxylic acids is 1. The number of hydrogen-bond acceptors (Lipinski definition) is 3. The highest BCUT2D eigenvalue weighted by Crippen LogP contribution is 2.33. The van der Waals surface area contributed by atoms with E-state index in [0.717, 1.165) is 5.56 Å². The maximum atomic E-state index is 12.3. The van der Waals surface area contributed by atoms with Gasteiger partial charge in [0.05, 0.1) is 17.1 Å². The summed E-state index contributed by atoms with van der Waals surface area (Å²) in [6.45, 7) is 0. The van der Waals surface area contributed by atoms with Gasteiger partial charge in [-0.1, -0.05) is 65.7 Å². The second-order valence-corrected chi connectivity index (χ2v) is 6.09. The van der Waals surface area contributed by atoms with Crippen LogP contribution in [0.15, 0.2) is 66.9 Å². The minimum Gasteiger partial charge on any atom is -0.435 e. The molecule has 0 aliphatic rings. The number of aromatic nitrogens is 1. The molecule has 0 atom stereocenters. The van der Waals surface area contributed by atoms with Crippen LogP contribution in [0.25, 0.3) is 0 Å². The van der Waals surface area contributed by atoms with Crippen LogP contribution in [0.5, 0.6) is 11.6 Å². The number of rotatable bonds is 5. The number of nitrogens with zero attached hydrogens (tertiary/aromatic N) is 1. The van der Waals surface area contributed by atoms with Gasteiger partial charge in [0, 0.05) is 6.20 Å². The number of para-hydroxylation sites is 2. The number of benzene rings is 2. The Bertz CT molecular complexity index is 886. The molecule has 0 aliphatic heterocycles. The van der Waals surface area contributed by atoms with E-state index in [-0.39, 0.29) is 23.2 Å². The zero-order valence-corrected chi connectivity index (χ0v) is 14.6. The number of anilines is 1. The summed E-state index contributed by atoms with van der Waals surface area (Å²) in [5.74, 6) is 0.522. The average molecular weight is 373 g/mol. The Morgan fingerprint density at radius 1 is 1.04 bits per heavy atom. The van der Waals surface area contributed by atoms with Crippen LogP contribution in [0.3, 0.4) is 0 Å². The molecule has 1 aromatic heterocycles. The third kappa shape index (κ3) is 4.72. The van der Waals surface area contributed by atoms with Crippen molar-refractivity contribution in [3.63, 3.8) is 0 Å². The van der Waals surface area contributed by atoms with Crippen LogP contribution in [-0.4, -0.2) is 10.9 Å². The largest absolute Gasteiger partial charge is 0.435 e. The molecule has 4 nitrogen and oxygen atoms in total. The highest BCUT2D eigenvalue weighted by molar-refractivity contribution is 6.35. The Labute approximate surface area is 155 Å². The summed E-state index contributed by atoms with van der Waals surface area (Å²) in [5.41, 5.74) is 1.47. The molecule has 0 unspecified atom stereocenters. The van der Waals surface area contributed by atoms with Crippen LogP contribution in [0, 0.1) is 0 Å². The van der Waals surface area contributed by atoms with Crippen LogP contribution in [0.4, 0.5) is 5.69 Å². The average Bonchev–Trinajstić information content (AvgIpc) is 2.60. The van der Waals surface area contributed by atoms with E-state index in [1.807, 2.05) is 36.4 Å². The summed E-state index contributed by atoms with van der Waals surface area (Å²) >= 11 is 11.9. The van der Waals surface area contributed by atoms with E-state index >= 15 is 0 Å². The van der Waals surface area contributed by atoms with Crippen molar-refractivity contribution in [1.29, 1.82) is 0 Å². The molecular weight excluding hydrogens is 359 g/mol. The van der Waals surface area contributed by atoms with Crippen LogP contribution >= 0.6 is 23.2 Å². The molecule has 6 heteroatoms. The van der Waals surface area contributed by atoms with E-state index in [1.54, 1.807) is 24.3 Å². The van der Waals surface area contributed by atoms with Crippen molar-refractivity contribution in [2.75, 3.05) is 5.32 Å². The second-order valence-electron chi connectivity index (χ2n) is 5.25. The van der Waals surface area contributed by atoms with E-state index < -0.39 is 0 Å². The summed E-state index contributed by atoms with van der Waals surface area (Å²) in [4.78, 5) is 16.3. The van der Waals surface area contributed by atoms with Crippen molar-refractivity contribution in [3.8, 4) is 11.6 Å². The highest BCUT2D eigenvalue weighted by Gasteiger charge is 2.12. The molecule has 126 valence electrons. The van der Waals surface area contributed by atoms with Gasteiger partial charge >= 0.3 is 0 Å². The molecule has 3 aromatic rings. The molecule has 0 bridgehead atoms. The van der Waals surface area contributed by atoms with E-state index in [9.17, 15) is 4.79 Å². The van der Waals surface area contributed by atoms with Gasteiger partial charge in [-0.15, -0.1) is 0 Å². The Kier molecular flexibility index (Phi) is 5.53. The predicted octanol–water partition coefficient (Wildman–Crippen LogP) is 5.36. The summed E-state index contributed by atoms with van der Waals surface area (Å²) in [7, 11) is 0. The smallest absolute Gasteiger partial charge is 0.238 e. The van der Waals surface area contributed by atoms with Gasteiger partial charge in [0.1, 0.15) is 5.02 Å². The third-order valence-electron chi connectivity index (χ3n) is 3.35. The molecule has 1 N–H and O–H groups in total. The van der Waals surface area contributed by atoms with Gasteiger partial charge in [0.15, 0.2) is 5.75 Å². The minimum absolute atomic E-state index is 0.141. The highest BCUT2D eigenvalue weighted by atomic mass is 35.5. The number of ether oxygens (including phenoxy) is 1. The van der Waals surface area contributed by atoms with Gasteiger partial charge in [-0.05, 0) is 23.8 Å². The third-order valence-corrected chi connectivity index (χ3v) is 3.83. The quantitative estimate of drug-likeness (QED) is 0.655. The summed E-state index contributed by atoms with van der Waals surface area (Å²) in [6.07, 6.45) is 1.72. The van der Waals surface area contributed by atoms with Crippen molar-refractivity contribution in [1.82, 2.24) is 4.98 Å². The van der Waals surface area contributed by atoms with Crippen LogP contribution < -0.4 is 10.1 Å². The van der Waals surface area contributed by atoms with Crippen molar-refractivity contribution < 1.29 is 9.53 Å².